The van der Waals surface area contributed by atoms with Gasteiger partial charge in [0.1, 0.15) is 0 Å². The van der Waals surface area contributed by atoms with Crippen molar-refractivity contribution >= 4 is 23.0 Å². The second-order valence-electron chi connectivity index (χ2n) is 6.37. The van der Waals surface area contributed by atoms with Gasteiger partial charge in [0.2, 0.25) is 6.79 Å². The van der Waals surface area contributed by atoms with E-state index in [0.717, 1.165) is 42.3 Å². The van der Waals surface area contributed by atoms with E-state index in [2.05, 4.69) is 34.2 Å². The van der Waals surface area contributed by atoms with E-state index < -0.39 is 0 Å². The van der Waals surface area contributed by atoms with Gasteiger partial charge in [-0.2, -0.15) is 0 Å². The molecule has 0 atom stereocenters. The van der Waals surface area contributed by atoms with Crippen molar-refractivity contribution in [1.82, 2.24) is 15.2 Å². The van der Waals surface area contributed by atoms with E-state index in [1.807, 2.05) is 30.3 Å². The van der Waals surface area contributed by atoms with Gasteiger partial charge >= 0.3 is 0 Å². The van der Waals surface area contributed by atoms with Crippen molar-refractivity contribution in [2.24, 2.45) is 0 Å². The summed E-state index contributed by atoms with van der Waals surface area (Å²) < 4.78 is 10.9. The van der Waals surface area contributed by atoms with Crippen LogP contribution in [0.3, 0.4) is 0 Å². The number of ether oxygens (including phenoxy) is 2. The minimum atomic E-state index is 0.260. The van der Waals surface area contributed by atoms with E-state index in [9.17, 15) is 0 Å². The SMILES string of the molecule is CN(C)CCCNC(=S)N(Cc1ccncc1)c1ccc2c(c1)OCO2. The molecule has 1 N–H and O–H groups in total. The Kier molecular flexibility index (Phi) is 6.25. The highest BCUT2D eigenvalue weighted by Crippen LogP contribution is 2.35. The molecule has 0 aliphatic carbocycles. The Morgan fingerprint density at radius 3 is 2.69 bits per heavy atom. The number of pyridine rings is 1. The molecule has 0 unspecified atom stereocenters. The molecule has 138 valence electrons. The minimum Gasteiger partial charge on any atom is -0.454 e. The van der Waals surface area contributed by atoms with Crippen LogP contribution in [0.1, 0.15) is 12.0 Å². The fourth-order valence-corrected chi connectivity index (χ4v) is 2.96. The van der Waals surface area contributed by atoms with E-state index in [-0.39, 0.29) is 6.79 Å². The molecular formula is C19H24N4O2S. The normalized spacial score (nSPS) is 12.3. The second kappa shape index (κ2) is 8.82. The summed E-state index contributed by atoms with van der Waals surface area (Å²) in [5.41, 5.74) is 2.10. The van der Waals surface area contributed by atoms with Gasteiger partial charge in [0.25, 0.3) is 0 Å². The lowest BCUT2D eigenvalue weighted by Crippen LogP contribution is -2.40. The Morgan fingerprint density at radius 2 is 1.92 bits per heavy atom. The Balaban J connectivity index is 1.74. The van der Waals surface area contributed by atoms with E-state index in [1.54, 1.807) is 12.4 Å². The molecule has 2 aromatic rings. The molecular weight excluding hydrogens is 348 g/mol. The van der Waals surface area contributed by atoms with Crippen LogP contribution >= 0.6 is 12.2 Å². The zero-order chi connectivity index (χ0) is 18.4. The third-order valence-corrected chi connectivity index (χ3v) is 4.43. The van der Waals surface area contributed by atoms with Gasteiger partial charge in [-0.05, 0) is 69.1 Å². The molecule has 2 heterocycles. The second-order valence-corrected chi connectivity index (χ2v) is 6.75. The zero-order valence-electron chi connectivity index (χ0n) is 15.1. The molecule has 0 saturated heterocycles. The number of rotatable bonds is 7. The van der Waals surface area contributed by atoms with Gasteiger partial charge in [-0.15, -0.1) is 0 Å². The molecule has 0 radical (unpaired) electrons. The van der Waals surface area contributed by atoms with Crippen LogP contribution in [-0.2, 0) is 6.54 Å². The van der Waals surface area contributed by atoms with Crippen LogP contribution in [0.15, 0.2) is 42.7 Å². The van der Waals surface area contributed by atoms with Crippen LogP contribution in [0.25, 0.3) is 0 Å². The van der Waals surface area contributed by atoms with E-state index in [4.69, 9.17) is 21.7 Å². The Hall–Kier alpha value is -2.38. The quantitative estimate of drug-likeness (QED) is 0.592. The predicted octanol–water partition coefficient (Wildman–Crippen LogP) is 2.64. The smallest absolute Gasteiger partial charge is 0.231 e. The molecule has 0 fully saturated rings. The van der Waals surface area contributed by atoms with E-state index >= 15 is 0 Å². The highest BCUT2D eigenvalue weighted by molar-refractivity contribution is 7.80. The first-order valence-corrected chi connectivity index (χ1v) is 9.03. The largest absolute Gasteiger partial charge is 0.454 e. The van der Waals surface area contributed by atoms with Crippen molar-refractivity contribution in [2.75, 3.05) is 38.9 Å². The van der Waals surface area contributed by atoms with Crippen molar-refractivity contribution in [3.05, 3.63) is 48.3 Å². The van der Waals surface area contributed by atoms with Gasteiger partial charge in [-0.25, -0.2) is 0 Å². The molecule has 26 heavy (non-hydrogen) atoms. The third-order valence-electron chi connectivity index (χ3n) is 4.06. The van der Waals surface area contributed by atoms with Crippen LogP contribution in [0.5, 0.6) is 11.5 Å². The molecule has 3 rings (SSSR count). The number of fused-ring (bicyclic) bond motifs is 1. The maximum atomic E-state index is 5.68. The predicted molar refractivity (Wildman–Crippen MR) is 107 cm³/mol. The van der Waals surface area contributed by atoms with Crippen molar-refractivity contribution in [1.29, 1.82) is 0 Å². The molecule has 7 heteroatoms. The summed E-state index contributed by atoms with van der Waals surface area (Å²) in [7, 11) is 4.14. The van der Waals surface area contributed by atoms with Gasteiger partial charge in [-0.3, -0.25) is 4.98 Å². The van der Waals surface area contributed by atoms with Gasteiger partial charge in [0, 0.05) is 30.7 Å². The highest BCUT2D eigenvalue weighted by Gasteiger charge is 2.18. The van der Waals surface area contributed by atoms with Crippen molar-refractivity contribution in [3.8, 4) is 11.5 Å². The van der Waals surface area contributed by atoms with E-state index in [0.29, 0.717) is 11.7 Å². The molecule has 0 spiro atoms. The lowest BCUT2D eigenvalue weighted by Gasteiger charge is -2.26. The Labute approximate surface area is 159 Å². The summed E-state index contributed by atoms with van der Waals surface area (Å²) in [6, 6.07) is 9.88. The van der Waals surface area contributed by atoms with Crippen LogP contribution in [0, 0.1) is 0 Å². The first-order valence-electron chi connectivity index (χ1n) is 8.62. The average Bonchev–Trinajstić information content (AvgIpc) is 3.11. The van der Waals surface area contributed by atoms with Gasteiger partial charge in [0.15, 0.2) is 16.6 Å². The monoisotopic (exact) mass is 372 g/mol. The molecule has 1 aliphatic heterocycles. The Morgan fingerprint density at radius 1 is 1.15 bits per heavy atom. The van der Waals surface area contributed by atoms with Crippen LogP contribution < -0.4 is 19.7 Å². The number of thiocarbonyl (C=S) groups is 1. The minimum absolute atomic E-state index is 0.260. The standard InChI is InChI=1S/C19H24N4O2S/c1-22(2)11-3-8-21-19(26)23(13-15-6-9-20-10-7-15)16-4-5-17-18(12-16)25-14-24-17/h4-7,9-10,12H,3,8,11,13-14H2,1-2H3,(H,21,26). The van der Waals surface area contributed by atoms with Crippen molar-refractivity contribution in [3.63, 3.8) is 0 Å². The number of benzene rings is 1. The van der Waals surface area contributed by atoms with Crippen LogP contribution in [0.4, 0.5) is 5.69 Å². The van der Waals surface area contributed by atoms with Gasteiger partial charge in [0.05, 0.1) is 6.54 Å². The summed E-state index contributed by atoms with van der Waals surface area (Å²) in [5.74, 6) is 1.51. The number of anilines is 1. The first-order chi connectivity index (χ1) is 12.6. The average molecular weight is 372 g/mol. The Bertz CT molecular complexity index is 740. The van der Waals surface area contributed by atoms with Crippen LogP contribution in [0.2, 0.25) is 0 Å². The maximum Gasteiger partial charge on any atom is 0.231 e. The molecule has 0 amide bonds. The number of nitrogens with one attached hydrogen (secondary N) is 1. The summed E-state index contributed by atoms with van der Waals surface area (Å²) in [4.78, 5) is 8.32. The summed E-state index contributed by atoms with van der Waals surface area (Å²) in [6.07, 6.45) is 4.61. The fraction of sp³-hybridized carbons (Fsp3) is 0.368. The highest BCUT2D eigenvalue weighted by atomic mass is 32.1. The zero-order valence-corrected chi connectivity index (χ0v) is 16.0. The summed E-state index contributed by atoms with van der Waals surface area (Å²) >= 11 is 5.68. The molecule has 1 aliphatic rings. The maximum absolute atomic E-state index is 5.68. The lowest BCUT2D eigenvalue weighted by atomic mass is 10.2. The van der Waals surface area contributed by atoms with E-state index in [1.165, 1.54) is 0 Å². The fourth-order valence-electron chi connectivity index (χ4n) is 2.69. The van der Waals surface area contributed by atoms with Crippen molar-refractivity contribution < 1.29 is 9.47 Å². The lowest BCUT2D eigenvalue weighted by molar-refractivity contribution is 0.174. The molecule has 6 nitrogen and oxygen atoms in total. The molecule has 1 aromatic carbocycles. The van der Waals surface area contributed by atoms with Crippen molar-refractivity contribution in [2.45, 2.75) is 13.0 Å². The molecule has 1 aromatic heterocycles. The number of hydrogen-bond donors (Lipinski definition) is 1. The third kappa shape index (κ3) is 4.83. The first kappa shape index (κ1) is 18.4. The number of hydrogen-bond acceptors (Lipinski definition) is 5. The number of nitrogens with zero attached hydrogens (tertiary/aromatic N) is 3. The number of aromatic nitrogens is 1. The topological polar surface area (TPSA) is 49.9 Å². The van der Waals surface area contributed by atoms with Gasteiger partial charge in [-0.1, -0.05) is 0 Å². The molecule has 0 saturated carbocycles. The summed E-state index contributed by atoms with van der Waals surface area (Å²) in [5, 5.41) is 4.06. The summed E-state index contributed by atoms with van der Waals surface area (Å²) in [6.45, 7) is 2.76. The molecule has 0 bridgehead atoms. The van der Waals surface area contributed by atoms with Crippen LogP contribution in [-0.4, -0.2) is 49.0 Å². The van der Waals surface area contributed by atoms with Gasteiger partial charge < -0.3 is 24.6 Å².